The molecular weight excluding hydrogens is 376 g/mol. The Bertz CT molecular complexity index is 1130. The SMILES string of the molecule is Cn1c(Sc2ccc([N+](=O)[O-])c(-c3ccccc3)n2)nnc1-c1ccncc1. The minimum absolute atomic E-state index is 0.0361. The van der Waals surface area contributed by atoms with E-state index in [2.05, 4.69) is 20.2 Å². The van der Waals surface area contributed by atoms with Crippen LogP contribution in [0.3, 0.4) is 0 Å². The summed E-state index contributed by atoms with van der Waals surface area (Å²) in [6.45, 7) is 0. The van der Waals surface area contributed by atoms with Crippen LogP contribution in [0.5, 0.6) is 0 Å². The molecule has 0 saturated heterocycles. The van der Waals surface area contributed by atoms with Crippen LogP contribution >= 0.6 is 11.8 Å². The number of pyridine rings is 2. The van der Waals surface area contributed by atoms with E-state index in [1.165, 1.54) is 17.8 Å². The molecule has 28 heavy (non-hydrogen) atoms. The summed E-state index contributed by atoms with van der Waals surface area (Å²) in [5.41, 5.74) is 1.88. The second-order valence-electron chi connectivity index (χ2n) is 5.84. The molecule has 1 aromatic carbocycles. The monoisotopic (exact) mass is 390 g/mol. The van der Waals surface area contributed by atoms with Crippen molar-refractivity contribution in [3.05, 3.63) is 77.1 Å². The Morgan fingerprint density at radius 2 is 1.71 bits per heavy atom. The van der Waals surface area contributed by atoms with Gasteiger partial charge in [0, 0.05) is 36.6 Å². The first-order valence-electron chi connectivity index (χ1n) is 8.32. The molecule has 0 N–H and O–H groups in total. The fourth-order valence-corrected chi connectivity index (χ4v) is 3.46. The van der Waals surface area contributed by atoms with E-state index in [0.717, 1.165) is 5.56 Å². The Balaban J connectivity index is 1.70. The Morgan fingerprint density at radius 3 is 2.43 bits per heavy atom. The fourth-order valence-electron chi connectivity index (χ4n) is 2.70. The Morgan fingerprint density at radius 1 is 0.964 bits per heavy atom. The van der Waals surface area contributed by atoms with E-state index in [4.69, 9.17) is 0 Å². The molecule has 0 aliphatic heterocycles. The van der Waals surface area contributed by atoms with Gasteiger partial charge in [0.15, 0.2) is 11.0 Å². The molecule has 138 valence electrons. The highest BCUT2D eigenvalue weighted by Gasteiger charge is 2.19. The van der Waals surface area contributed by atoms with Crippen molar-refractivity contribution < 1.29 is 4.92 Å². The van der Waals surface area contributed by atoms with Gasteiger partial charge in [0.1, 0.15) is 10.7 Å². The van der Waals surface area contributed by atoms with Crippen molar-refractivity contribution >= 4 is 17.4 Å². The van der Waals surface area contributed by atoms with E-state index in [0.29, 0.717) is 27.3 Å². The molecule has 0 bridgehead atoms. The number of aromatic nitrogens is 5. The summed E-state index contributed by atoms with van der Waals surface area (Å²) in [6.07, 6.45) is 3.39. The predicted molar refractivity (Wildman–Crippen MR) is 105 cm³/mol. The average molecular weight is 390 g/mol. The number of nitrogens with zero attached hydrogens (tertiary/aromatic N) is 6. The van der Waals surface area contributed by atoms with Crippen LogP contribution in [0, 0.1) is 10.1 Å². The van der Waals surface area contributed by atoms with Crippen molar-refractivity contribution in [2.24, 2.45) is 7.05 Å². The highest BCUT2D eigenvalue weighted by Crippen LogP contribution is 2.33. The van der Waals surface area contributed by atoms with Gasteiger partial charge in [0.05, 0.1) is 4.92 Å². The van der Waals surface area contributed by atoms with Crippen LogP contribution in [0.2, 0.25) is 0 Å². The second-order valence-corrected chi connectivity index (χ2v) is 6.83. The summed E-state index contributed by atoms with van der Waals surface area (Å²) in [5, 5.41) is 21.1. The number of hydrogen-bond acceptors (Lipinski definition) is 7. The van der Waals surface area contributed by atoms with Gasteiger partial charge >= 0.3 is 0 Å². The number of nitro groups is 1. The summed E-state index contributed by atoms with van der Waals surface area (Å²) < 4.78 is 1.85. The van der Waals surface area contributed by atoms with Crippen LogP contribution in [0.1, 0.15) is 0 Å². The second kappa shape index (κ2) is 7.57. The third kappa shape index (κ3) is 3.47. The van der Waals surface area contributed by atoms with Crippen LogP contribution in [0.15, 0.2) is 77.2 Å². The van der Waals surface area contributed by atoms with E-state index in [-0.39, 0.29) is 5.69 Å². The van der Waals surface area contributed by atoms with Crippen molar-refractivity contribution in [3.8, 4) is 22.6 Å². The van der Waals surface area contributed by atoms with Crippen LogP contribution in [-0.2, 0) is 7.05 Å². The Kier molecular flexibility index (Phi) is 4.81. The summed E-state index contributed by atoms with van der Waals surface area (Å²) in [7, 11) is 1.86. The first kappa shape index (κ1) is 17.8. The summed E-state index contributed by atoms with van der Waals surface area (Å²) in [6, 6.07) is 15.9. The molecule has 0 aliphatic rings. The molecule has 0 amide bonds. The van der Waals surface area contributed by atoms with Gasteiger partial charge in [-0.1, -0.05) is 30.3 Å². The topological polar surface area (TPSA) is 99.6 Å². The third-order valence-electron chi connectivity index (χ3n) is 4.06. The minimum Gasteiger partial charge on any atom is -0.305 e. The maximum atomic E-state index is 11.4. The maximum absolute atomic E-state index is 11.4. The molecule has 3 heterocycles. The molecule has 9 heteroatoms. The normalized spacial score (nSPS) is 10.8. The standard InChI is InChI=1S/C19H14N6O2S/c1-24-18(14-9-11-20-12-10-14)22-23-19(24)28-16-8-7-15(25(26)27)17(21-16)13-5-3-2-4-6-13/h2-12H,1H3. The summed E-state index contributed by atoms with van der Waals surface area (Å²) >= 11 is 1.30. The highest BCUT2D eigenvalue weighted by molar-refractivity contribution is 7.99. The van der Waals surface area contributed by atoms with Crippen LogP contribution in [-0.4, -0.2) is 29.7 Å². The first-order valence-corrected chi connectivity index (χ1v) is 9.13. The van der Waals surface area contributed by atoms with E-state index < -0.39 is 4.92 Å². The van der Waals surface area contributed by atoms with Gasteiger partial charge in [0.2, 0.25) is 0 Å². The van der Waals surface area contributed by atoms with E-state index in [1.807, 2.05) is 41.9 Å². The lowest BCUT2D eigenvalue weighted by molar-refractivity contribution is -0.384. The maximum Gasteiger partial charge on any atom is 0.295 e. The quantitative estimate of drug-likeness (QED) is 0.375. The van der Waals surface area contributed by atoms with Crippen molar-refractivity contribution in [1.29, 1.82) is 0 Å². The lowest BCUT2D eigenvalue weighted by atomic mass is 10.1. The lowest BCUT2D eigenvalue weighted by Gasteiger charge is -2.06. The molecular formula is C19H14N6O2S. The Labute approximate surface area is 164 Å². The van der Waals surface area contributed by atoms with Crippen LogP contribution in [0.25, 0.3) is 22.6 Å². The zero-order valence-electron chi connectivity index (χ0n) is 14.8. The van der Waals surface area contributed by atoms with E-state index in [1.54, 1.807) is 30.6 Å². The molecule has 0 atom stereocenters. The van der Waals surface area contributed by atoms with Crippen LogP contribution < -0.4 is 0 Å². The molecule has 0 aliphatic carbocycles. The molecule has 0 spiro atoms. The van der Waals surface area contributed by atoms with Crippen molar-refractivity contribution in [2.45, 2.75) is 10.2 Å². The van der Waals surface area contributed by atoms with Crippen molar-refractivity contribution in [1.82, 2.24) is 24.7 Å². The van der Waals surface area contributed by atoms with Crippen molar-refractivity contribution in [3.63, 3.8) is 0 Å². The van der Waals surface area contributed by atoms with Crippen molar-refractivity contribution in [2.75, 3.05) is 0 Å². The predicted octanol–water partition coefficient (Wildman–Crippen LogP) is 4.00. The van der Waals surface area contributed by atoms with Gasteiger partial charge in [-0.2, -0.15) is 0 Å². The van der Waals surface area contributed by atoms with E-state index >= 15 is 0 Å². The molecule has 4 rings (SSSR count). The van der Waals surface area contributed by atoms with Gasteiger partial charge in [-0.3, -0.25) is 15.1 Å². The molecule has 0 unspecified atom stereocenters. The number of hydrogen-bond donors (Lipinski definition) is 0. The van der Waals surface area contributed by atoms with Gasteiger partial charge in [-0.25, -0.2) is 4.98 Å². The van der Waals surface area contributed by atoms with E-state index in [9.17, 15) is 10.1 Å². The highest BCUT2D eigenvalue weighted by atomic mass is 32.2. The molecule has 0 radical (unpaired) electrons. The summed E-state index contributed by atoms with van der Waals surface area (Å²) in [5.74, 6) is 0.704. The molecule has 0 fully saturated rings. The Hall–Kier alpha value is -3.59. The minimum atomic E-state index is -0.423. The zero-order chi connectivity index (χ0) is 19.5. The largest absolute Gasteiger partial charge is 0.305 e. The third-order valence-corrected chi connectivity index (χ3v) is 5.04. The lowest BCUT2D eigenvalue weighted by Crippen LogP contribution is -1.97. The van der Waals surface area contributed by atoms with Gasteiger partial charge in [-0.05, 0) is 30.0 Å². The average Bonchev–Trinajstić information content (AvgIpc) is 3.09. The molecule has 8 nitrogen and oxygen atoms in total. The van der Waals surface area contributed by atoms with Crippen LogP contribution in [0.4, 0.5) is 5.69 Å². The molecule has 3 aromatic heterocycles. The van der Waals surface area contributed by atoms with Gasteiger partial charge < -0.3 is 4.57 Å². The molecule has 0 saturated carbocycles. The molecule has 4 aromatic rings. The fraction of sp³-hybridized carbons (Fsp3) is 0.0526. The number of benzene rings is 1. The first-order chi connectivity index (χ1) is 13.6. The van der Waals surface area contributed by atoms with Gasteiger partial charge in [0.25, 0.3) is 5.69 Å². The smallest absolute Gasteiger partial charge is 0.295 e. The van der Waals surface area contributed by atoms with Gasteiger partial charge in [-0.15, -0.1) is 10.2 Å². The summed E-state index contributed by atoms with van der Waals surface area (Å²) in [4.78, 5) is 19.5. The number of rotatable bonds is 5. The zero-order valence-corrected chi connectivity index (χ0v) is 15.6.